The lowest BCUT2D eigenvalue weighted by molar-refractivity contribution is -0.122. The molecule has 2 unspecified atom stereocenters. The Labute approximate surface area is 112 Å². The van der Waals surface area contributed by atoms with E-state index in [-0.39, 0.29) is 18.0 Å². The van der Waals surface area contributed by atoms with E-state index in [1.54, 1.807) is 0 Å². The second kappa shape index (κ2) is 6.99. The fourth-order valence-corrected chi connectivity index (χ4v) is 2.48. The van der Waals surface area contributed by atoms with Crippen LogP contribution in [0.4, 0.5) is 0 Å². The summed E-state index contributed by atoms with van der Waals surface area (Å²) in [5, 5.41) is 8.13. The number of carbonyl (C=O) groups is 1. The smallest absolute Gasteiger partial charge is 0.236 e. The Kier molecular flexibility index (Phi) is 5.95. The zero-order valence-corrected chi connectivity index (χ0v) is 12.0. The van der Waals surface area contributed by atoms with Crippen LogP contribution in [-0.2, 0) is 4.79 Å². The van der Waals surface area contributed by atoms with E-state index in [0.29, 0.717) is 0 Å². The van der Waals surface area contributed by atoms with Crippen molar-refractivity contribution >= 4 is 28.8 Å². The lowest BCUT2D eigenvalue weighted by Gasteiger charge is -2.18. The van der Waals surface area contributed by atoms with Gasteiger partial charge in [-0.05, 0) is 37.3 Å². The molecule has 96 valence electrons. The van der Waals surface area contributed by atoms with Crippen LogP contribution in [0.2, 0.25) is 4.34 Å². The number of halogens is 1. The average molecular weight is 275 g/mol. The predicted molar refractivity (Wildman–Crippen MR) is 73.6 cm³/mol. The summed E-state index contributed by atoms with van der Waals surface area (Å²) < 4.78 is 0.775. The molecule has 5 heteroatoms. The highest BCUT2D eigenvalue weighted by Crippen LogP contribution is 2.24. The molecule has 17 heavy (non-hydrogen) atoms. The SMILES string of the molecule is CCCNC(=O)C(C)NC(C)c1csc(Cl)c1. The van der Waals surface area contributed by atoms with Gasteiger partial charge in [-0.25, -0.2) is 0 Å². The summed E-state index contributed by atoms with van der Waals surface area (Å²) in [6, 6.07) is 1.86. The summed E-state index contributed by atoms with van der Waals surface area (Å²) in [7, 11) is 0. The van der Waals surface area contributed by atoms with Crippen LogP contribution in [0.3, 0.4) is 0 Å². The number of thiophene rings is 1. The Morgan fingerprint density at radius 1 is 1.53 bits per heavy atom. The normalized spacial score (nSPS) is 14.4. The minimum atomic E-state index is -0.199. The summed E-state index contributed by atoms with van der Waals surface area (Å²) in [5.41, 5.74) is 1.12. The molecule has 0 aliphatic heterocycles. The fourth-order valence-electron chi connectivity index (χ4n) is 1.50. The van der Waals surface area contributed by atoms with Crippen LogP contribution in [0.15, 0.2) is 11.4 Å². The molecule has 0 radical (unpaired) electrons. The second-order valence-electron chi connectivity index (χ2n) is 4.09. The Balaban J connectivity index is 2.45. The van der Waals surface area contributed by atoms with Crippen molar-refractivity contribution in [3.8, 4) is 0 Å². The summed E-state index contributed by atoms with van der Waals surface area (Å²) in [5.74, 6) is 0.0417. The van der Waals surface area contributed by atoms with E-state index in [4.69, 9.17) is 11.6 Å². The van der Waals surface area contributed by atoms with Crippen molar-refractivity contribution in [2.24, 2.45) is 0 Å². The van der Waals surface area contributed by atoms with Gasteiger partial charge in [0.2, 0.25) is 5.91 Å². The van der Waals surface area contributed by atoms with Gasteiger partial charge in [0.05, 0.1) is 10.4 Å². The quantitative estimate of drug-likeness (QED) is 0.837. The van der Waals surface area contributed by atoms with Gasteiger partial charge in [0.1, 0.15) is 0 Å². The monoisotopic (exact) mass is 274 g/mol. The van der Waals surface area contributed by atoms with E-state index in [9.17, 15) is 4.79 Å². The standard InChI is InChI=1S/C12H19ClN2OS/c1-4-5-14-12(16)9(3)15-8(2)10-6-11(13)17-7-10/h6-9,15H,4-5H2,1-3H3,(H,14,16). The Morgan fingerprint density at radius 2 is 2.24 bits per heavy atom. The molecule has 0 saturated carbocycles. The number of nitrogens with one attached hydrogen (secondary N) is 2. The van der Waals surface area contributed by atoms with Crippen LogP contribution in [0, 0.1) is 0 Å². The van der Waals surface area contributed by atoms with Crippen LogP contribution < -0.4 is 10.6 Å². The van der Waals surface area contributed by atoms with Crippen molar-refractivity contribution in [3.63, 3.8) is 0 Å². The second-order valence-corrected chi connectivity index (χ2v) is 5.63. The average Bonchev–Trinajstić information content (AvgIpc) is 2.72. The summed E-state index contributed by atoms with van der Waals surface area (Å²) in [6.07, 6.45) is 0.953. The van der Waals surface area contributed by atoms with Gasteiger partial charge < -0.3 is 5.32 Å². The highest BCUT2D eigenvalue weighted by molar-refractivity contribution is 7.14. The van der Waals surface area contributed by atoms with Gasteiger partial charge in [-0.2, -0.15) is 0 Å². The van der Waals surface area contributed by atoms with Gasteiger partial charge in [-0.15, -0.1) is 11.3 Å². The topological polar surface area (TPSA) is 41.1 Å². The lowest BCUT2D eigenvalue weighted by Crippen LogP contribution is -2.43. The molecule has 1 rings (SSSR count). The Hall–Kier alpha value is -0.580. The molecule has 0 saturated heterocycles. The number of carbonyl (C=O) groups excluding carboxylic acids is 1. The first-order chi connectivity index (χ1) is 8.04. The zero-order chi connectivity index (χ0) is 12.8. The first kappa shape index (κ1) is 14.5. The molecule has 0 spiro atoms. The van der Waals surface area contributed by atoms with Crippen molar-refractivity contribution in [1.29, 1.82) is 0 Å². The molecule has 1 amide bonds. The molecule has 0 aliphatic rings. The third kappa shape index (κ3) is 4.66. The minimum Gasteiger partial charge on any atom is -0.355 e. The van der Waals surface area contributed by atoms with Crippen molar-refractivity contribution < 1.29 is 4.79 Å². The van der Waals surface area contributed by atoms with Gasteiger partial charge >= 0.3 is 0 Å². The van der Waals surface area contributed by atoms with Crippen molar-refractivity contribution in [3.05, 3.63) is 21.3 Å². The lowest BCUT2D eigenvalue weighted by atomic mass is 10.1. The highest BCUT2D eigenvalue weighted by atomic mass is 35.5. The van der Waals surface area contributed by atoms with Crippen LogP contribution >= 0.6 is 22.9 Å². The molecule has 0 aromatic carbocycles. The largest absolute Gasteiger partial charge is 0.355 e. The number of hydrogen-bond donors (Lipinski definition) is 2. The third-order valence-corrected chi connectivity index (χ3v) is 3.64. The molecule has 0 bridgehead atoms. The molecular formula is C12H19ClN2OS. The predicted octanol–water partition coefficient (Wildman–Crippen LogP) is 2.97. The molecule has 2 atom stereocenters. The first-order valence-corrected chi connectivity index (χ1v) is 7.08. The van der Waals surface area contributed by atoms with Crippen LogP contribution in [-0.4, -0.2) is 18.5 Å². The van der Waals surface area contributed by atoms with Gasteiger partial charge in [0.15, 0.2) is 0 Å². The summed E-state index contributed by atoms with van der Waals surface area (Å²) in [6.45, 7) is 6.66. The van der Waals surface area contributed by atoms with E-state index >= 15 is 0 Å². The molecule has 0 fully saturated rings. The number of amides is 1. The third-order valence-electron chi connectivity index (χ3n) is 2.53. The molecule has 0 aliphatic carbocycles. The van der Waals surface area contributed by atoms with Gasteiger partial charge in [0.25, 0.3) is 0 Å². The van der Waals surface area contributed by atoms with E-state index < -0.39 is 0 Å². The van der Waals surface area contributed by atoms with Crippen molar-refractivity contribution in [2.45, 2.75) is 39.3 Å². The van der Waals surface area contributed by atoms with Gasteiger partial charge in [0, 0.05) is 12.6 Å². The van der Waals surface area contributed by atoms with Crippen LogP contribution in [0.1, 0.15) is 38.8 Å². The summed E-state index contributed by atoms with van der Waals surface area (Å²) >= 11 is 7.39. The van der Waals surface area contributed by atoms with Gasteiger partial charge in [-0.3, -0.25) is 10.1 Å². The molecule has 1 aromatic heterocycles. The molecule has 1 aromatic rings. The number of rotatable bonds is 6. The van der Waals surface area contributed by atoms with E-state index in [1.807, 2.05) is 32.2 Å². The van der Waals surface area contributed by atoms with Crippen LogP contribution in [0.5, 0.6) is 0 Å². The van der Waals surface area contributed by atoms with E-state index in [2.05, 4.69) is 10.6 Å². The fraction of sp³-hybridized carbons (Fsp3) is 0.583. The first-order valence-electron chi connectivity index (χ1n) is 5.82. The zero-order valence-electron chi connectivity index (χ0n) is 10.4. The molecule has 2 N–H and O–H groups in total. The maximum absolute atomic E-state index is 11.7. The summed E-state index contributed by atoms with van der Waals surface area (Å²) in [4.78, 5) is 11.7. The van der Waals surface area contributed by atoms with E-state index in [1.165, 1.54) is 11.3 Å². The molecule has 1 heterocycles. The van der Waals surface area contributed by atoms with Crippen molar-refractivity contribution in [2.75, 3.05) is 6.54 Å². The minimum absolute atomic E-state index is 0.0417. The van der Waals surface area contributed by atoms with Crippen molar-refractivity contribution in [1.82, 2.24) is 10.6 Å². The van der Waals surface area contributed by atoms with Gasteiger partial charge in [-0.1, -0.05) is 18.5 Å². The Morgan fingerprint density at radius 3 is 2.76 bits per heavy atom. The maximum Gasteiger partial charge on any atom is 0.236 e. The Bertz CT molecular complexity index is 367. The van der Waals surface area contributed by atoms with E-state index in [0.717, 1.165) is 22.9 Å². The molecular weight excluding hydrogens is 256 g/mol. The van der Waals surface area contributed by atoms with Crippen LogP contribution in [0.25, 0.3) is 0 Å². The highest BCUT2D eigenvalue weighted by Gasteiger charge is 2.16. The number of hydrogen-bond acceptors (Lipinski definition) is 3. The maximum atomic E-state index is 11.7. The molecule has 3 nitrogen and oxygen atoms in total.